The molecule has 0 amide bonds. The fourth-order valence-corrected chi connectivity index (χ4v) is 1.50. The molecule has 5 nitrogen and oxygen atoms in total. The lowest BCUT2D eigenvalue weighted by Crippen LogP contribution is -2.01. The number of pyridine rings is 1. The zero-order chi connectivity index (χ0) is 11.5. The molecule has 82 valence electrons. The number of carbonyl (C=O) groups is 1. The minimum atomic E-state index is -1.02. The maximum atomic E-state index is 10.6. The summed E-state index contributed by atoms with van der Waals surface area (Å²) in [5.74, 6) is -1.02. The average Bonchev–Trinajstić information content (AvgIpc) is 2.77. The summed E-state index contributed by atoms with van der Waals surface area (Å²) < 4.78 is 1.83. The van der Waals surface area contributed by atoms with Gasteiger partial charge in [0, 0.05) is 24.5 Å². The molecule has 2 heterocycles. The van der Waals surface area contributed by atoms with Crippen molar-refractivity contribution in [1.29, 1.82) is 0 Å². The van der Waals surface area contributed by atoms with Crippen molar-refractivity contribution in [3.63, 3.8) is 0 Å². The van der Waals surface area contributed by atoms with Crippen molar-refractivity contribution in [3.8, 4) is 11.3 Å². The van der Waals surface area contributed by atoms with E-state index in [4.69, 9.17) is 5.11 Å². The average molecular weight is 217 g/mol. The van der Waals surface area contributed by atoms with Gasteiger partial charge in [-0.1, -0.05) is 0 Å². The van der Waals surface area contributed by atoms with Crippen LogP contribution in [-0.4, -0.2) is 25.8 Å². The van der Waals surface area contributed by atoms with Crippen LogP contribution in [0, 0.1) is 0 Å². The van der Waals surface area contributed by atoms with Crippen LogP contribution >= 0.6 is 0 Å². The minimum Gasteiger partial charge on any atom is -0.477 e. The summed E-state index contributed by atoms with van der Waals surface area (Å²) in [5, 5.41) is 12.9. The van der Waals surface area contributed by atoms with Crippen molar-refractivity contribution in [1.82, 2.24) is 14.8 Å². The largest absolute Gasteiger partial charge is 0.477 e. The van der Waals surface area contributed by atoms with Crippen LogP contribution in [-0.2, 0) is 6.54 Å². The van der Waals surface area contributed by atoms with Crippen LogP contribution < -0.4 is 0 Å². The highest BCUT2D eigenvalue weighted by Crippen LogP contribution is 2.17. The summed E-state index contributed by atoms with van der Waals surface area (Å²) in [5.41, 5.74) is 1.85. The molecule has 0 aromatic carbocycles. The molecule has 0 saturated heterocycles. The fourth-order valence-electron chi connectivity index (χ4n) is 1.50. The Kier molecular flexibility index (Phi) is 2.68. The number of hydrogen-bond donors (Lipinski definition) is 1. The molecule has 2 rings (SSSR count). The first-order chi connectivity index (χ1) is 7.72. The summed E-state index contributed by atoms with van der Waals surface area (Å²) in [6.45, 7) is 2.76. The number of rotatable bonds is 3. The van der Waals surface area contributed by atoms with Gasteiger partial charge in [-0.3, -0.25) is 4.68 Å². The van der Waals surface area contributed by atoms with Crippen molar-refractivity contribution >= 4 is 5.97 Å². The van der Waals surface area contributed by atoms with Crippen LogP contribution in [0.3, 0.4) is 0 Å². The molecule has 0 aliphatic rings. The molecule has 0 unspecified atom stereocenters. The molecule has 0 fully saturated rings. The number of nitrogens with zero attached hydrogens (tertiary/aromatic N) is 3. The number of aryl methyl sites for hydroxylation is 1. The molecule has 0 atom stereocenters. The standard InChI is InChI=1S/C11H11N3O2/c1-2-14-10(5-6-13-14)8-3-4-9(11(15)16)12-7-8/h3-7H,2H2,1H3,(H,15,16). The normalized spacial score (nSPS) is 10.3. The lowest BCUT2D eigenvalue weighted by atomic mass is 10.2. The molecule has 0 saturated carbocycles. The zero-order valence-electron chi connectivity index (χ0n) is 8.79. The van der Waals surface area contributed by atoms with Crippen LogP contribution in [0.4, 0.5) is 0 Å². The smallest absolute Gasteiger partial charge is 0.354 e. The van der Waals surface area contributed by atoms with Crippen LogP contribution in [0.2, 0.25) is 0 Å². The minimum absolute atomic E-state index is 0.0475. The Hall–Kier alpha value is -2.17. The summed E-state index contributed by atoms with van der Waals surface area (Å²) in [7, 11) is 0. The van der Waals surface area contributed by atoms with E-state index in [0.717, 1.165) is 17.8 Å². The van der Waals surface area contributed by atoms with Crippen molar-refractivity contribution in [2.45, 2.75) is 13.5 Å². The van der Waals surface area contributed by atoms with Crippen LogP contribution in [0.5, 0.6) is 0 Å². The van der Waals surface area contributed by atoms with Crippen molar-refractivity contribution in [3.05, 3.63) is 36.3 Å². The van der Waals surface area contributed by atoms with E-state index in [1.54, 1.807) is 18.5 Å². The van der Waals surface area contributed by atoms with Crippen molar-refractivity contribution < 1.29 is 9.90 Å². The highest BCUT2D eigenvalue weighted by atomic mass is 16.4. The molecular formula is C11H11N3O2. The molecule has 1 N–H and O–H groups in total. The van der Waals surface area contributed by atoms with Gasteiger partial charge < -0.3 is 5.11 Å². The predicted octanol–water partition coefficient (Wildman–Crippen LogP) is 1.66. The Morgan fingerprint density at radius 2 is 2.25 bits per heavy atom. The van der Waals surface area contributed by atoms with E-state index in [0.29, 0.717) is 0 Å². The first kappa shape index (κ1) is 10.4. The molecule has 0 radical (unpaired) electrons. The van der Waals surface area contributed by atoms with Crippen LogP contribution in [0.15, 0.2) is 30.6 Å². The van der Waals surface area contributed by atoms with Gasteiger partial charge >= 0.3 is 5.97 Å². The quantitative estimate of drug-likeness (QED) is 0.849. The number of hydrogen-bond acceptors (Lipinski definition) is 3. The van der Waals surface area contributed by atoms with Crippen LogP contribution in [0.25, 0.3) is 11.3 Å². The van der Waals surface area contributed by atoms with Gasteiger partial charge in [-0.25, -0.2) is 9.78 Å². The summed E-state index contributed by atoms with van der Waals surface area (Å²) in [6.07, 6.45) is 3.26. The third-order valence-electron chi connectivity index (χ3n) is 2.29. The van der Waals surface area contributed by atoms with E-state index in [2.05, 4.69) is 10.1 Å². The van der Waals surface area contributed by atoms with Gasteiger partial charge in [0.15, 0.2) is 0 Å². The predicted molar refractivity (Wildman–Crippen MR) is 58.1 cm³/mol. The van der Waals surface area contributed by atoms with Gasteiger partial charge in [-0.05, 0) is 25.1 Å². The van der Waals surface area contributed by atoms with Gasteiger partial charge in [0.1, 0.15) is 5.69 Å². The number of aromatic nitrogens is 3. The molecule has 0 aliphatic heterocycles. The maximum Gasteiger partial charge on any atom is 0.354 e. The van der Waals surface area contributed by atoms with Crippen LogP contribution in [0.1, 0.15) is 17.4 Å². The van der Waals surface area contributed by atoms with E-state index in [-0.39, 0.29) is 5.69 Å². The van der Waals surface area contributed by atoms with E-state index < -0.39 is 5.97 Å². The molecule has 5 heteroatoms. The SMILES string of the molecule is CCn1nccc1-c1ccc(C(=O)O)nc1. The number of aromatic carboxylic acids is 1. The number of carboxylic acids is 1. The monoisotopic (exact) mass is 217 g/mol. The second-order valence-electron chi connectivity index (χ2n) is 3.27. The van der Waals surface area contributed by atoms with Gasteiger partial charge in [0.2, 0.25) is 0 Å². The highest BCUT2D eigenvalue weighted by molar-refractivity contribution is 5.85. The summed E-state index contributed by atoms with van der Waals surface area (Å²) in [6, 6.07) is 5.10. The lowest BCUT2D eigenvalue weighted by molar-refractivity contribution is 0.0690. The highest BCUT2D eigenvalue weighted by Gasteiger charge is 2.07. The van der Waals surface area contributed by atoms with E-state index in [1.807, 2.05) is 17.7 Å². The van der Waals surface area contributed by atoms with E-state index in [1.165, 1.54) is 6.07 Å². The summed E-state index contributed by atoms with van der Waals surface area (Å²) in [4.78, 5) is 14.5. The Bertz CT molecular complexity index is 502. The third kappa shape index (κ3) is 1.79. The van der Waals surface area contributed by atoms with E-state index >= 15 is 0 Å². The Labute approximate surface area is 92.4 Å². The first-order valence-corrected chi connectivity index (χ1v) is 4.94. The molecule has 2 aromatic rings. The molecular weight excluding hydrogens is 206 g/mol. The van der Waals surface area contributed by atoms with Gasteiger partial charge in [-0.2, -0.15) is 5.10 Å². The Balaban J connectivity index is 2.38. The zero-order valence-corrected chi connectivity index (χ0v) is 8.79. The fraction of sp³-hybridized carbons (Fsp3) is 0.182. The van der Waals surface area contributed by atoms with Gasteiger partial charge in [0.05, 0.1) is 5.69 Å². The Morgan fingerprint density at radius 3 is 2.81 bits per heavy atom. The second kappa shape index (κ2) is 4.14. The molecule has 16 heavy (non-hydrogen) atoms. The van der Waals surface area contributed by atoms with E-state index in [9.17, 15) is 4.79 Å². The summed E-state index contributed by atoms with van der Waals surface area (Å²) >= 11 is 0. The number of carboxylic acid groups (broad SMARTS) is 1. The van der Waals surface area contributed by atoms with Crippen molar-refractivity contribution in [2.24, 2.45) is 0 Å². The second-order valence-corrected chi connectivity index (χ2v) is 3.27. The van der Waals surface area contributed by atoms with Crippen molar-refractivity contribution in [2.75, 3.05) is 0 Å². The van der Waals surface area contributed by atoms with Gasteiger partial charge in [-0.15, -0.1) is 0 Å². The molecule has 0 spiro atoms. The van der Waals surface area contributed by atoms with Gasteiger partial charge in [0.25, 0.3) is 0 Å². The third-order valence-corrected chi connectivity index (χ3v) is 2.29. The molecule has 0 bridgehead atoms. The lowest BCUT2D eigenvalue weighted by Gasteiger charge is -2.04. The first-order valence-electron chi connectivity index (χ1n) is 4.94. The molecule has 2 aromatic heterocycles. The maximum absolute atomic E-state index is 10.6. The topological polar surface area (TPSA) is 68.0 Å². The Morgan fingerprint density at radius 1 is 1.44 bits per heavy atom. The molecule has 0 aliphatic carbocycles.